The molecule has 0 saturated heterocycles. The lowest BCUT2D eigenvalue weighted by atomic mass is 10.1. The van der Waals surface area contributed by atoms with Crippen molar-refractivity contribution in [3.05, 3.63) is 53.6 Å². The van der Waals surface area contributed by atoms with Crippen molar-refractivity contribution >= 4 is 35.8 Å². The summed E-state index contributed by atoms with van der Waals surface area (Å²) in [5, 5.41) is 18.6. The van der Waals surface area contributed by atoms with Crippen LogP contribution in [-0.2, 0) is 6.42 Å². The molecule has 2 aromatic carbocycles. The molecule has 0 heterocycles. The van der Waals surface area contributed by atoms with Gasteiger partial charge in [0.05, 0.1) is 13.2 Å². The first-order chi connectivity index (χ1) is 15.6. The van der Waals surface area contributed by atoms with Gasteiger partial charge in [0.2, 0.25) is 0 Å². The molecule has 8 nitrogen and oxygen atoms in total. The Balaban J connectivity index is 0.00000544. The molecule has 0 atom stereocenters. The minimum Gasteiger partial charge on any atom is -0.508 e. The van der Waals surface area contributed by atoms with E-state index in [4.69, 9.17) is 9.47 Å². The quantitative estimate of drug-likeness (QED) is 0.135. The molecule has 0 spiro atoms. The molecule has 0 unspecified atom stereocenters. The molecule has 0 saturated carbocycles. The third-order valence-corrected chi connectivity index (χ3v) is 4.45. The van der Waals surface area contributed by atoms with Gasteiger partial charge in [0.15, 0.2) is 17.5 Å². The number of carbonyl (C=O) groups excluding carboxylic acids is 1. The van der Waals surface area contributed by atoms with Gasteiger partial charge in [-0.2, -0.15) is 0 Å². The number of amides is 1. The molecule has 0 bridgehead atoms. The van der Waals surface area contributed by atoms with Crippen LogP contribution >= 0.6 is 24.0 Å². The van der Waals surface area contributed by atoms with E-state index in [1.807, 2.05) is 39.0 Å². The highest BCUT2D eigenvalue weighted by atomic mass is 127. The normalized spacial score (nSPS) is 10.7. The van der Waals surface area contributed by atoms with E-state index in [9.17, 15) is 9.90 Å². The highest BCUT2D eigenvalue weighted by Crippen LogP contribution is 2.28. The summed E-state index contributed by atoms with van der Waals surface area (Å²) in [7, 11) is 0. The second kappa shape index (κ2) is 16.0. The highest BCUT2D eigenvalue weighted by Gasteiger charge is 2.07. The first kappa shape index (κ1) is 28.3. The second-order valence-corrected chi connectivity index (χ2v) is 6.89. The smallest absolute Gasteiger partial charge is 0.251 e. The number of rotatable bonds is 12. The number of aromatic hydroxyl groups is 1. The lowest BCUT2D eigenvalue weighted by molar-refractivity contribution is 0.0954. The Bertz CT molecular complexity index is 875. The van der Waals surface area contributed by atoms with E-state index in [0.717, 1.165) is 30.0 Å². The van der Waals surface area contributed by atoms with Crippen molar-refractivity contribution in [1.82, 2.24) is 16.0 Å². The summed E-state index contributed by atoms with van der Waals surface area (Å²) in [6.45, 7) is 9.41. The number of nitrogens with zero attached hydrogens (tertiary/aromatic N) is 1. The van der Waals surface area contributed by atoms with E-state index in [-0.39, 0.29) is 35.6 Å². The van der Waals surface area contributed by atoms with Gasteiger partial charge in [-0.15, -0.1) is 24.0 Å². The second-order valence-electron chi connectivity index (χ2n) is 6.89. The number of carbonyl (C=O) groups is 1. The number of nitrogens with one attached hydrogen (secondary N) is 3. The van der Waals surface area contributed by atoms with Gasteiger partial charge in [0, 0.05) is 31.7 Å². The van der Waals surface area contributed by atoms with Crippen molar-refractivity contribution in [1.29, 1.82) is 0 Å². The zero-order chi connectivity index (χ0) is 23.2. The van der Waals surface area contributed by atoms with Crippen LogP contribution in [-0.4, -0.2) is 56.4 Å². The molecule has 0 aromatic heterocycles. The standard InChI is InChI=1S/C24H34N4O4.HI/c1-4-25-24(28-16-15-26-23(30)19-8-10-20(29)11-9-19)27-14-13-18-7-12-21(31-5-2)22(17-18)32-6-3;/h7-12,17,29H,4-6,13-16H2,1-3H3,(H,26,30)(H2,25,27,28);1H. The number of halogens is 1. The molecular formula is C24H35IN4O4. The maximum atomic E-state index is 12.1. The first-order valence-electron chi connectivity index (χ1n) is 11.0. The van der Waals surface area contributed by atoms with Crippen LogP contribution in [0.2, 0.25) is 0 Å². The number of ether oxygens (including phenoxy) is 2. The number of aliphatic imine (C=N–C) groups is 1. The monoisotopic (exact) mass is 570 g/mol. The fourth-order valence-electron chi connectivity index (χ4n) is 2.96. The maximum absolute atomic E-state index is 12.1. The van der Waals surface area contributed by atoms with E-state index >= 15 is 0 Å². The van der Waals surface area contributed by atoms with Crippen LogP contribution in [0.5, 0.6) is 17.2 Å². The minimum atomic E-state index is -0.186. The molecule has 9 heteroatoms. The highest BCUT2D eigenvalue weighted by molar-refractivity contribution is 14.0. The van der Waals surface area contributed by atoms with E-state index in [2.05, 4.69) is 20.9 Å². The van der Waals surface area contributed by atoms with Crippen molar-refractivity contribution in [2.45, 2.75) is 27.2 Å². The van der Waals surface area contributed by atoms with E-state index in [1.165, 1.54) is 12.1 Å². The van der Waals surface area contributed by atoms with Crippen molar-refractivity contribution in [3.63, 3.8) is 0 Å². The van der Waals surface area contributed by atoms with Crippen molar-refractivity contribution < 1.29 is 19.4 Å². The summed E-state index contributed by atoms with van der Waals surface area (Å²) in [5.41, 5.74) is 1.63. The van der Waals surface area contributed by atoms with Crippen LogP contribution < -0.4 is 25.4 Å². The number of guanidine groups is 1. The summed E-state index contributed by atoms with van der Waals surface area (Å²) < 4.78 is 11.3. The summed E-state index contributed by atoms with van der Waals surface area (Å²) in [6.07, 6.45) is 0.765. The third kappa shape index (κ3) is 10.2. The predicted molar refractivity (Wildman–Crippen MR) is 142 cm³/mol. The average molecular weight is 570 g/mol. The molecule has 4 N–H and O–H groups in total. The van der Waals surface area contributed by atoms with Gasteiger partial charge >= 0.3 is 0 Å². The zero-order valence-electron chi connectivity index (χ0n) is 19.5. The van der Waals surface area contributed by atoms with Crippen LogP contribution in [0.15, 0.2) is 47.5 Å². The number of phenolic OH excluding ortho intramolecular Hbond substituents is 1. The zero-order valence-corrected chi connectivity index (χ0v) is 21.8. The van der Waals surface area contributed by atoms with Crippen LogP contribution in [0.4, 0.5) is 0 Å². The summed E-state index contributed by atoms with van der Waals surface area (Å²) in [5.74, 6) is 2.15. The lowest BCUT2D eigenvalue weighted by Crippen LogP contribution is -2.41. The van der Waals surface area contributed by atoms with Crippen LogP contribution in [0, 0.1) is 0 Å². The molecule has 0 fully saturated rings. The molecule has 0 radical (unpaired) electrons. The van der Waals surface area contributed by atoms with Crippen molar-refractivity contribution in [3.8, 4) is 17.2 Å². The fraction of sp³-hybridized carbons (Fsp3) is 0.417. The van der Waals surface area contributed by atoms with Gasteiger partial charge in [-0.1, -0.05) is 6.07 Å². The Morgan fingerprint density at radius 3 is 2.24 bits per heavy atom. The van der Waals surface area contributed by atoms with E-state index < -0.39 is 0 Å². The number of benzene rings is 2. The predicted octanol–water partition coefficient (Wildman–Crippen LogP) is 3.34. The van der Waals surface area contributed by atoms with E-state index in [0.29, 0.717) is 44.4 Å². The molecule has 0 aliphatic carbocycles. The SMILES string of the molecule is CCNC(=NCCc1ccc(OCC)c(OCC)c1)NCCNC(=O)c1ccc(O)cc1.I. The van der Waals surface area contributed by atoms with Gasteiger partial charge in [-0.25, -0.2) is 0 Å². The van der Waals surface area contributed by atoms with Crippen molar-refractivity contribution in [2.75, 3.05) is 39.4 Å². The molecule has 0 aliphatic rings. The van der Waals surface area contributed by atoms with Crippen LogP contribution in [0.3, 0.4) is 0 Å². The largest absolute Gasteiger partial charge is 0.508 e. The third-order valence-electron chi connectivity index (χ3n) is 4.45. The number of hydrogen-bond donors (Lipinski definition) is 4. The lowest BCUT2D eigenvalue weighted by Gasteiger charge is -2.13. The van der Waals surface area contributed by atoms with Gasteiger partial charge < -0.3 is 30.5 Å². The Labute approximate surface area is 213 Å². The Morgan fingerprint density at radius 2 is 1.58 bits per heavy atom. The molecular weight excluding hydrogens is 535 g/mol. The van der Waals surface area contributed by atoms with Crippen LogP contribution in [0.25, 0.3) is 0 Å². The Morgan fingerprint density at radius 1 is 0.909 bits per heavy atom. The molecule has 1 amide bonds. The Kier molecular flexibility index (Phi) is 13.7. The molecule has 2 rings (SSSR count). The molecule has 2 aromatic rings. The molecule has 0 aliphatic heterocycles. The summed E-state index contributed by atoms with van der Waals surface area (Å²) >= 11 is 0. The minimum absolute atomic E-state index is 0. The maximum Gasteiger partial charge on any atom is 0.251 e. The molecule has 182 valence electrons. The number of hydrogen-bond acceptors (Lipinski definition) is 5. The van der Waals surface area contributed by atoms with Crippen molar-refractivity contribution in [2.24, 2.45) is 4.99 Å². The van der Waals surface area contributed by atoms with Gasteiger partial charge in [-0.05, 0) is 69.2 Å². The topological polar surface area (TPSA) is 104 Å². The fourth-order valence-corrected chi connectivity index (χ4v) is 2.96. The van der Waals surface area contributed by atoms with Gasteiger partial charge in [0.1, 0.15) is 5.75 Å². The van der Waals surface area contributed by atoms with E-state index in [1.54, 1.807) is 12.1 Å². The van der Waals surface area contributed by atoms with Gasteiger partial charge in [0.25, 0.3) is 5.91 Å². The summed E-state index contributed by atoms with van der Waals surface area (Å²) in [6, 6.07) is 12.1. The first-order valence-corrected chi connectivity index (χ1v) is 11.0. The average Bonchev–Trinajstić information content (AvgIpc) is 2.79. The number of phenols is 1. The van der Waals surface area contributed by atoms with Crippen LogP contribution in [0.1, 0.15) is 36.7 Å². The summed E-state index contributed by atoms with van der Waals surface area (Å²) in [4.78, 5) is 16.7. The molecule has 33 heavy (non-hydrogen) atoms. The Hall–Kier alpha value is -2.69. The van der Waals surface area contributed by atoms with Gasteiger partial charge in [-0.3, -0.25) is 9.79 Å².